The number of rotatable bonds is 3. The SMILES string of the molecule is COC(=O)c1ccc(Nc2ccccn2)nc1. The fraction of sp³-hybridized carbons (Fsp3) is 0.0833. The quantitative estimate of drug-likeness (QED) is 0.815. The molecular weight excluding hydrogens is 218 g/mol. The van der Waals surface area contributed by atoms with Gasteiger partial charge in [-0.1, -0.05) is 6.07 Å². The van der Waals surface area contributed by atoms with Crippen LogP contribution in [0.15, 0.2) is 42.7 Å². The van der Waals surface area contributed by atoms with E-state index in [-0.39, 0.29) is 0 Å². The van der Waals surface area contributed by atoms with Crippen molar-refractivity contribution in [3.05, 3.63) is 48.3 Å². The zero-order chi connectivity index (χ0) is 12.1. The van der Waals surface area contributed by atoms with Crippen LogP contribution in [0.4, 0.5) is 11.6 Å². The summed E-state index contributed by atoms with van der Waals surface area (Å²) in [4.78, 5) is 19.4. The summed E-state index contributed by atoms with van der Waals surface area (Å²) in [7, 11) is 1.34. The van der Waals surface area contributed by atoms with Gasteiger partial charge in [-0.2, -0.15) is 0 Å². The average Bonchev–Trinajstić information content (AvgIpc) is 2.40. The molecule has 2 heterocycles. The van der Waals surface area contributed by atoms with Crippen LogP contribution < -0.4 is 5.32 Å². The summed E-state index contributed by atoms with van der Waals surface area (Å²) < 4.78 is 4.58. The van der Waals surface area contributed by atoms with Crippen LogP contribution in [0, 0.1) is 0 Å². The predicted octanol–water partition coefficient (Wildman–Crippen LogP) is 2.01. The standard InChI is InChI=1S/C12H11N3O2/c1-17-12(16)9-5-6-11(14-8-9)15-10-4-2-3-7-13-10/h2-8H,1H3,(H,13,14,15). The van der Waals surface area contributed by atoms with Crippen molar-refractivity contribution in [1.29, 1.82) is 0 Å². The number of pyridine rings is 2. The van der Waals surface area contributed by atoms with Gasteiger partial charge in [0, 0.05) is 12.4 Å². The van der Waals surface area contributed by atoms with Gasteiger partial charge in [0.2, 0.25) is 0 Å². The largest absolute Gasteiger partial charge is 0.465 e. The average molecular weight is 229 g/mol. The Labute approximate surface area is 98.5 Å². The first-order valence-corrected chi connectivity index (χ1v) is 5.02. The van der Waals surface area contributed by atoms with Crippen molar-refractivity contribution >= 4 is 17.6 Å². The van der Waals surface area contributed by atoms with Gasteiger partial charge in [0.15, 0.2) is 0 Å². The number of anilines is 2. The third-order valence-corrected chi connectivity index (χ3v) is 2.11. The summed E-state index contributed by atoms with van der Waals surface area (Å²) in [6, 6.07) is 8.87. The molecule has 2 rings (SSSR count). The zero-order valence-corrected chi connectivity index (χ0v) is 9.25. The Morgan fingerprint density at radius 3 is 2.59 bits per heavy atom. The van der Waals surface area contributed by atoms with E-state index in [9.17, 15) is 4.79 Å². The van der Waals surface area contributed by atoms with Crippen molar-refractivity contribution in [3.8, 4) is 0 Å². The molecule has 0 atom stereocenters. The first-order chi connectivity index (χ1) is 8.29. The summed E-state index contributed by atoms with van der Waals surface area (Å²) in [6.07, 6.45) is 3.14. The first kappa shape index (κ1) is 11.1. The van der Waals surface area contributed by atoms with Gasteiger partial charge in [-0.25, -0.2) is 14.8 Å². The number of aromatic nitrogens is 2. The number of carbonyl (C=O) groups excluding carboxylic acids is 1. The van der Waals surface area contributed by atoms with Crippen molar-refractivity contribution in [1.82, 2.24) is 9.97 Å². The number of methoxy groups -OCH3 is 1. The van der Waals surface area contributed by atoms with E-state index in [4.69, 9.17) is 0 Å². The predicted molar refractivity (Wildman–Crippen MR) is 63.1 cm³/mol. The molecule has 0 bridgehead atoms. The Morgan fingerprint density at radius 2 is 2.00 bits per heavy atom. The van der Waals surface area contributed by atoms with Gasteiger partial charge in [-0.15, -0.1) is 0 Å². The van der Waals surface area contributed by atoms with Gasteiger partial charge in [0.1, 0.15) is 11.6 Å². The molecule has 0 amide bonds. The fourth-order valence-electron chi connectivity index (χ4n) is 1.27. The summed E-state index contributed by atoms with van der Waals surface area (Å²) in [5, 5.41) is 3.01. The number of nitrogens with zero attached hydrogens (tertiary/aromatic N) is 2. The van der Waals surface area contributed by atoms with E-state index in [0.29, 0.717) is 17.2 Å². The molecule has 0 fully saturated rings. The maximum absolute atomic E-state index is 11.2. The number of esters is 1. The van der Waals surface area contributed by atoms with Crippen molar-refractivity contribution < 1.29 is 9.53 Å². The minimum Gasteiger partial charge on any atom is -0.465 e. The van der Waals surface area contributed by atoms with Gasteiger partial charge < -0.3 is 10.1 Å². The van der Waals surface area contributed by atoms with Crippen molar-refractivity contribution in [2.75, 3.05) is 12.4 Å². The molecule has 86 valence electrons. The molecule has 0 aliphatic carbocycles. The van der Waals surface area contributed by atoms with Crippen LogP contribution >= 0.6 is 0 Å². The lowest BCUT2D eigenvalue weighted by atomic mass is 10.3. The van der Waals surface area contributed by atoms with Gasteiger partial charge in [-0.05, 0) is 24.3 Å². The van der Waals surface area contributed by atoms with Crippen molar-refractivity contribution in [3.63, 3.8) is 0 Å². The lowest BCUT2D eigenvalue weighted by Crippen LogP contribution is -2.02. The number of ether oxygens (including phenoxy) is 1. The number of hydrogen-bond donors (Lipinski definition) is 1. The van der Waals surface area contributed by atoms with Crippen LogP contribution in [0.5, 0.6) is 0 Å². The highest BCUT2D eigenvalue weighted by molar-refractivity contribution is 5.89. The molecule has 2 aromatic heterocycles. The maximum atomic E-state index is 11.2. The molecule has 1 N–H and O–H groups in total. The summed E-state index contributed by atoms with van der Waals surface area (Å²) >= 11 is 0. The molecule has 5 nitrogen and oxygen atoms in total. The van der Waals surface area contributed by atoms with Gasteiger partial charge >= 0.3 is 5.97 Å². The van der Waals surface area contributed by atoms with Crippen molar-refractivity contribution in [2.45, 2.75) is 0 Å². The molecule has 0 aromatic carbocycles. The number of nitrogens with one attached hydrogen (secondary N) is 1. The second-order valence-electron chi connectivity index (χ2n) is 3.26. The molecule has 0 radical (unpaired) electrons. The van der Waals surface area contributed by atoms with E-state index in [2.05, 4.69) is 20.0 Å². The van der Waals surface area contributed by atoms with E-state index in [1.54, 1.807) is 18.3 Å². The highest BCUT2D eigenvalue weighted by Crippen LogP contribution is 2.11. The topological polar surface area (TPSA) is 64.1 Å². The molecule has 0 aliphatic rings. The first-order valence-electron chi connectivity index (χ1n) is 5.02. The second kappa shape index (κ2) is 5.07. The van der Waals surface area contributed by atoms with Crippen LogP contribution in [-0.2, 0) is 4.74 Å². The summed E-state index contributed by atoms with van der Waals surface area (Å²) in [6.45, 7) is 0. The van der Waals surface area contributed by atoms with Gasteiger partial charge in [0.05, 0.1) is 12.7 Å². The number of hydrogen-bond acceptors (Lipinski definition) is 5. The molecule has 0 saturated heterocycles. The van der Waals surface area contributed by atoms with Crippen molar-refractivity contribution in [2.24, 2.45) is 0 Å². The van der Waals surface area contributed by atoms with E-state index in [0.717, 1.165) is 0 Å². The van der Waals surface area contributed by atoms with Crippen LogP contribution in [-0.4, -0.2) is 23.0 Å². The Bertz CT molecular complexity index is 497. The minimum atomic E-state index is -0.401. The summed E-state index contributed by atoms with van der Waals surface area (Å²) in [5.74, 6) is 0.920. The fourth-order valence-corrected chi connectivity index (χ4v) is 1.27. The molecule has 17 heavy (non-hydrogen) atoms. The highest BCUT2D eigenvalue weighted by Gasteiger charge is 2.05. The third-order valence-electron chi connectivity index (χ3n) is 2.11. The minimum absolute atomic E-state index is 0.401. The Balaban J connectivity index is 2.11. The van der Waals surface area contributed by atoms with E-state index in [1.807, 2.05) is 18.2 Å². The molecule has 5 heteroatoms. The molecule has 0 saturated carbocycles. The normalized spacial score (nSPS) is 9.71. The monoisotopic (exact) mass is 229 g/mol. The molecule has 0 spiro atoms. The Morgan fingerprint density at radius 1 is 1.18 bits per heavy atom. The Hall–Kier alpha value is -2.43. The zero-order valence-electron chi connectivity index (χ0n) is 9.25. The van der Waals surface area contributed by atoms with Crippen LogP contribution in [0.2, 0.25) is 0 Å². The van der Waals surface area contributed by atoms with Gasteiger partial charge in [0.25, 0.3) is 0 Å². The lowest BCUT2D eigenvalue weighted by molar-refractivity contribution is 0.0600. The molecular formula is C12H11N3O2. The molecule has 0 aliphatic heterocycles. The van der Waals surface area contributed by atoms with Crippen LogP contribution in [0.25, 0.3) is 0 Å². The molecule has 0 unspecified atom stereocenters. The summed E-state index contributed by atoms with van der Waals surface area (Å²) in [5.41, 5.74) is 0.416. The van der Waals surface area contributed by atoms with Gasteiger partial charge in [-0.3, -0.25) is 0 Å². The van der Waals surface area contributed by atoms with E-state index in [1.165, 1.54) is 13.3 Å². The van der Waals surface area contributed by atoms with E-state index >= 15 is 0 Å². The smallest absolute Gasteiger partial charge is 0.339 e. The Kier molecular flexibility index (Phi) is 3.30. The maximum Gasteiger partial charge on any atom is 0.339 e. The highest BCUT2D eigenvalue weighted by atomic mass is 16.5. The second-order valence-corrected chi connectivity index (χ2v) is 3.26. The molecule has 2 aromatic rings. The number of carbonyl (C=O) groups is 1. The van der Waals surface area contributed by atoms with Crippen LogP contribution in [0.1, 0.15) is 10.4 Å². The lowest BCUT2D eigenvalue weighted by Gasteiger charge is -2.04. The van der Waals surface area contributed by atoms with E-state index < -0.39 is 5.97 Å². The third kappa shape index (κ3) is 2.78. The van der Waals surface area contributed by atoms with Crippen LogP contribution in [0.3, 0.4) is 0 Å².